The molecule has 2 aliphatic rings. The van der Waals surface area contributed by atoms with E-state index >= 15 is 0 Å². The maximum absolute atomic E-state index is 12.7. The lowest BCUT2D eigenvalue weighted by atomic mass is 9.91. The molecule has 1 aromatic rings. The van der Waals surface area contributed by atoms with Gasteiger partial charge in [-0.1, -0.05) is 32.9 Å². The average molecular weight is 461 g/mol. The van der Waals surface area contributed by atoms with Crippen molar-refractivity contribution in [3.05, 3.63) is 29.8 Å². The Morgan fingerprint density at radius 3 is 2.56 bits per heavy atom. The molecular weight excluding hydrogens is 420 g/mol. The van der Waals surface area contributed by atoms with Gasteiger partial charge < -0.3 is 15.1 Å². The van der Waals surface area contributed by atoms with Crippen molar-refractivity contribution in [2.75, 3.05) is 55.8 Å². The molecule has 1 aromatic carbocycles. The van der Waals surface area contributed by atoms with Crippen molar-refractivity contribution < 1.29 is 9.59 Å². The second-order valence-corrected chi connectivity index (χ2v) is 11.3. The minimum absolute atomic E-state index is 0.00373. The lowest BCUT2D eigenvalue weighted by molar-refractivity contribution is -0.139. The molecule has 0 bridgehead atoms. The van der Waals surface area contributed by atoms with Crippen molar-refractivity contribution in [2.45, 2.75) is 53.0 Å². The molecule has 6 nitrogen and oxygen atoms in total. The van der Waals surface area contributed by atoms with Crippen molar-refractivity contribution >= 4 is 29.3 Å². The number of thioether (sulfide) groups is 1. The van der Waals surface area contributed by atoms with Gasteiger partial charge in [-0.05, 0) is 49.4 Å². The summed E-state index contributed by atoms with van der Waals surface area (Å²) in [6, 6.07) is 8.43. The Morgan fingerprint density at radius 2 is 1.88 bits per heavy atom. The third-order valence-electron chi connectivity index (χ3n) is 6.13. The molecule has 2 aliphatic heterocycles. The molecule has 1 atom stereocenters. The number of nitrogens with one attached hydrogen (secondary N) is 1. The normalized spacial score (nSPS) is 19.9. The van der Waals surface area contributed by atoms with Crippen LogP contribution < -0.4 is 10.2 Å². The molecule has 32 heavy (non-hydrogen) atoms. The van der Waals surface area contributed by atoms with Crippen molar-refractivity contribution in [2.24, 2.45) is 5.41 Å². The number of piperazine rings is 1. The molecule has 2 saturated heterocycles. The monoisotopic (exact) mass is 460 g/mol. The zero-order valence-electron chi connectivity index (χ0n) is 20.2. The number of hydrogen-bond acceptors (Lipinski definition) is 5. The molecule has 2 fully saturated rings. The number of hydrogen-bond donors (Lipinski definition) is 1. The number of aryl methyl sites for hydroxylation is 1. The van der Waals surface area contributed by atoms with Crippen LogP contribution in [0.25, 0.3) is 0 Å². The maximum atomic E-state index is 12.7. The first-order valence-corrected chi connectivity index (χ1v) is 13.1. The first-order chi connectivity index (χ1) is 15.2. The Hall–Kier alpha value is -1.73. The number of carbonyl (C=O) groups is 2. The highest BCUT2D eigenvalue weighted by atomic mass is 32.2. The summed E-state index contributed by atoms with van der Waals surface area (Å²) in [6.07, 6.45) is 2.53. The molecular formula is C25H40N4O2S. The average Bonchev–Trinajstić information content (AvgIpc) is 3.23. The molecule has 0 aliphatic carbocycles. The summed E-state index contributed by atoms with van der Waals surface area (Å²) < 4.78 is 0. The van der Waals surface area contributed by atoms with E-state index in [-0.39, 0.29) is 23.3 Å². The van der Waals surface area contributed by atoms with Crippen LogP contribution in [0.15, 0.2) is 24.3 Å². The quantitative estimate of drug-likeness (QED) is 0.603. The Balaban J connectivity index is 1.31. The molecule has 2 amide bonds. The third-order valence-corrected chi connectivity index (χ3v) is 7.14. The summed E-state index contributed by atoms with van der Waals surface area (Å²) >= 11 is 1.67. The molecule has 0 aromatic heterocycles. The van der Waals surface area contributed by atoms with E-state index in [0.29, 0.717) is 24.6 Å². The van der Waals surface area contributed by atoms with Crippen molar-refractivity contribution in [1.29, 1.82) is 0 Å². The zero-order chi connectivity index (χ0) is 23.1. The van der Waals surface area contributed by atoms with Crippen molar-refractivity contribution in [1.82, 2.24) is 15.1 Å². The minimum atomic E-state index is -0.315. The lowest BCUT2D eigenvalue weighted by Crippen LogP contribution is -2.48. The second-order valence-electron chi connectivity index (χ2n) is 10.3. The largest absolute Gasteiger partial charge is 0.369 e. The van der Waals surface area contributed by atoms with Gasteiger partial charge in [-0.25, -0.2) is 0 Å². The van der Waals surface area contributed by atoms with E-state index in [4.69, 9.17) is 0 Å². The van der Waals surface area contributed by atoms with Gasteiger partial charge in [-0.15, -0.1) is 11.8 Å². The molecule has 178 valence electrons. The van der Waals surface area contributed by atoms with E-state index in [1.807, 2.05) is 0 Å². The Kier molecular flexibility index (Phi) is 8.88. The zero-order valence-corrected chi connectivity index (χ0v) is 21.0. The van der Waals surface area contributed by atoms with E-state index in [1.54, 1.807) is 16.7 Å². The summed E-state index contributed by atoms with van der Waals surface area (Å²) in [5.41, 5.74) is 2.58. The van der Waals surface area contributed by atoms with E-state index in [2.05, 4.69) is 67.1 Å². The number of carbonyl (C=O) groups excluding carboxylic acids is 2. The number of nitrogens with zero attached hydrogens (tertiary/aromatic N) is 3. The fourth-order valence-corrected chi connectivity index (χ4v) is 5.49. The van der Waals surface area contributed by atoms with Crippen LogP contribution in [-0.4, -0.2) is 78.6 Å². The minimum Gasteiger partial charge on any atom is -0.369 e. The van der Waals surface area contributed by atoms with E-state index < -0.39 is 0 Å². The van der Waals surface area contributed by atoms with Crippen LogP contribution in [0.1, 0.15) is 45.6 Å². The van der Waals surface area contributed by atoms with Gasteiger partial charge in [0.1, 0.15) is 6.04 Å². The summed E-state index contributed by atoms with van der Waals surface area (Å²) in [5.74, 6) is 1.42. The molecule has 7 heteroatoms. The highest BCUT2D eigenvalue weighted by molar-refractivity contribution is 7.99. The van der Waals surface area contributed by atoms with Crippen molar-refractivity contribution in [3.8, 4) is 0 Å². The number of benzene rings is 1. The predicted molar refractivity (Wildman–Crippen MR) is 134 cm³/mol. The molecule has 0 spiro atoms. The van der Waals surface area contributed by atoms with Gasteiger partial charge >= 0.3 is 0 Å². The maximum Gasteiger partial charge on any atom is 0.243 e. The van der Waals surface area contributed by atoms with Gasteiger partial charge in [0.05, 0.1) is 5.88 Å². The van der Waals surface area contributed by atoms with Gasteiger partial charge in [-0.3, -0.25) is 14.5 Å². The highest BCUT2D eigenvalue weighted by Crippen LogP contribution is 2.26. The molecule has 2 heterocycles. The summed E-state index contributed by atoms with van der Waals surface area (Å²) in [7, 11) is 0. The SMILES string of the molecule is Cc1cccc(N2CCN(CCCCNC(=O)C3CSCN3C(=O)CC(C)(C)C)CC2)c1. The number of unbranched alkanes of at least 4 members (excludes halogenated alkanes) is 1. The first kappa shape index (κ1) is 24.9. The smallest absolute Gasteiger partial charge is 0.243 e. The third kappa shape index (κ3) is 7.41. The van der Waals surface area contributed by atoms with Crippen LogP contribution in [0.4, 0.5) is 5.69 Å². The second kappa shape index (κ2) is 11.4. The fraction of sp³-hybridized carbons (Fsp3) is 0.680. The van der Waals surface area contributed by atoms with E-state index in [9.17, 15) is 9.59 Å². The van der Waals surface area contributed by atoms with Crippen LogP contribution in [0.3, 0.4) is 0 Å². The predicted octanol–water partition coefficient (Wildman–Crippen LogP) is 3.35. The Morgan fingerprint density at radius 1 is 1.12 bits per heavy atom. The fourth-order valence-electron chi connectivity index (χ4n) is 4.31. The van der Waals surface area contributed by atoms with Gasteiger partial charge in [0.2, 0.25) is 11.8 Å². The topological polar surface area (TPSA) is 55.9 Å². The number of rotatable bonds is 8. The lowest BCUT2D eigenvalue weighted by Gasteiger charge is -2.36. The molecule has 0 saturated carbocycles. The van der Waals surface area contributed by atoms with Crippen LogP contribution in [-0.2, 0) is 9.59 Å². The van der Waals surface area contributed by atoms with Crippen LogP contribution in [0.5, 0.6) is 0 Å². The van der Waals surface area contributed by atoms with Gasteiger partial charge in [-0.2, -0.15) is 0 Å². The molecule has 1 unspecified atom stereocenters. The Labute approximate surface area is 198 Å². The van der Waals surface area contributed by atoms with E-state index in [1.165, 1.54) is 11.3 Å². The highest BCUT2D eigenvalue weighted by Gasteiger charge is 2.35. The van der Waals surface area contributed by atoms with Crippen LogP contribution >= 0.6 is 11.8 Å². The number of amides is 2. The Bertz CT molecular complexity index is 771. The van der Waals surface area contributed by atoms with Crippen molar-refractivity contribution in [3.63, 3.8) is 0 Å². The molecule has 0 radical (unpaired) electrons. The molecule has 1 N–H and O–H groups in total. The van der Waals surface area contributed by atoms with Gasteiger partial charge in [0.15, 0.2) is 0 Å². The van der Waals surface area contributed by atoms with Gasteiger partial charge in [0, 0.05) is 50.6 Å². The summed E-state index contributed by atoms with van der Waals surface area (Å²) in [4.78, 5) is 32.0. The first-order valence-electron chi connectivity index (χ1n) is 11.9. The van der Waals surface area contributed by atoms with Crippen LogP contribution in [0.2, 0.25) is 0 Å². The number of anilines is 1. The standard InChI is InChI=1S/C25H40N4O2S/c1-20-8-7-9-21(16-20)28-14-12-27(13-15-28)11-6-5-10-26-24(31)22-18-32-19-29(22)23(30)17-25(2,3)4/h7-9,16,22H,5-6,10-15,17-19H2,1-4H3,(H,26,31). The van der Waals surface area contributed by atoms with Gasteiger partial charge in [0.25, 0.3) is 0 Å². The summed E-state index contributed by atoms with van der Waals surface area (Å²) in [5, 5.41) is 3.07. The van der Waals surface area contributed by atoms with E-state index in [0.717, 1.165) is 45.6 Å². The summed E-state index contributed by atoms with van der Waals surface area (Å²) in [6.45, 7) is 14.4. The van der Waals surface area contributed by atoms with Crippen LogP contribution in [0, 0.1) is 12.3 Å². The molecule has 3 rings (SSSR count).